The van der Waals surface area contributed by atoms with Gasteiger partial charge < -0.3 is 14.2 Å². The summed E-state index contributed by atoms with van der Waals surface area (Å²) in [5, 5.41) is 1.11. The first-order chi connectivity index (χ1) is 12.8. The molecule has 0 spiro atoms. The van der Waals surface area contributed by atoms with Gasteiger partial charge in [0, 0.05) is 13.0 Å². The van der Waals surface area contributed by atoms with Crippen LogP contribution in [0.5, 0.6) is 0 Å². The summed E-state index contributed by atoms with van der Waals surface area (Å²) in [5.41, 5.74) is -0.452. The normalized spacial score (nSPS) is 20.0. The molecule has 162 valence electrons. The van der Waals surface area contributed by atoms with Crippen molar-refractivity contribution in [1.29, 1.82) is 0 Å². The lowest BCUT2D eigenvalue weighted by Crippen LogP contribution is -2.52. The lowest BCUT2D eigenvalue weighted by atomic mass is 9.93. The number of amides is 2. The molecule has 1 aliphatic rings. The smallest absolute Gasteiger partial charge is 0.412 e. The second-order valence-corrected chi connectivity index (χ2v) is 8.69. The molecule has 8 nitrogen and oxygen atoms in total. The molecule has 8 heteroatoms. The van der Waals surface area contributed by atoms with Crippen molar-refractivity contribution in [2.75, 3.05) is 34.0 Å². The summed E-state index contributed by atoms with van der Waals surface area (Å²) in [5.74, 6) is -0.379. The van der Waals surface area contributed by atoms with Crippen LogP contribution in [0.4, 0.5) is 4.79 Å². The molecule has 1 fully saturated rings. The molecule has 1 heterocycles. The van der Waals surface area contributed by atoms with E-state index in [2.05, 4.69) is 6.58 Å². The number of carbonyl (C=O) groups is 2. The first kappa shape index (κ1) is 24.4. The SMILES string of the molecule is C=C(C)C[C@H](COCC(=O)N(C)OC)[C@@H]1COC(C)(C)N1C(=O)OC(C)(C)C. The van der Waals surface area contributed by atoms with E-state index in [1.165, 1.54) is 14.2 Å². The van der Waals surface area contributed by atoms with Crippen molar-refractivity contribution in [3.63, 3.8) is 0 Å². The lowest BCUT2D eigenvalue weighted by Gasteiger charge is -2.37. The number of carbonyl (C=O) groups excluding carboxylic acids is 2. The van der Waals surface area contributed by atoms with Crippen LogP contribution in [0.25, 0.3) is 0 Å². The van der Waals surface area contributed by atoms with E-state index >= 15 is 0 Å². The predicted octanol–water partition coefficient (Wildman–Crippen LogP) is 2.98. The Kier molecular flexibility index (Phi) is 8.46. The molecule has 0 radical (unpaired) electrons. The quantitative estimate of drug-likeness (QED) is 0.460. The molecule has 2 atom stereocenters. The molecule has 0 unspecified atom stereocenters. The maximum Gasteiger partial charge on any atom is 0.412 e. The molecule has 0 aromatic heterocycles. The summed E-state index contributed by atoms with van der Waals surface area (Å²) < 4.78 is 17.1. The number of hydrogen-bond donors (Lipinski definition) is 0. The minimum Gasteiger partial charge on any atom is -0.444 e. The van der Waals surface area contributed by atoms with E-state index in [1.54, 1.807) is 4.90 Å². The molecule has 1 aliphatic heterocycles. The Bertz CT molecular complexity index is 570. The summed E-state index contributed by atoms with van der Waals surface area (Å²) in [6.07, 6.45) is 0.208. The average molecular weight is 401 g/mol. The van der Waals surface area contributed by atoms with Crippen LogP contribution in [0.15, 0.2) is 12.2 Å². The largest absolute Gasteiger partial charge is 0.444 e. The summed E-state index contributed by atoms with van der Waals surface area (Å²) in [6, 6.07) is -0.253. The van der Waals surface area contributed by atoms with E-state index in [-0.39, 0.29) is 31.1 Å². The van der Waals surface area contributed by atoms with Crippen molar-refractivity contribution in [1.82, 2.24) is 9.96 Å². The fourth-order valence-electron chi connectivity index (χ4n) is 3.09. The highest BCUT2D eigenvalue weighted by Gasteiger charge is 2.48. The highest BCUT2D eigenvalue weighted by atomic mass is 16.7. The minimum absolute atomic E-state index is 0.0903. The average Bonchev–Trinajstić information content (AvgIpc) is 2.86. The van der Waals surface area contributed by atoms with Crippen molar-refractivity contribution < 1.29 is 28.6 Å². The summed E-state index contributed by atoms with van der Waals surface area (Å²) in [4.78, 5) is 31.2. The second-order valence-electron chi connectivity index (χ2n) is 8.69. The Morgan fingerprint density at radius 2 is 1.96 bits per heavy atom. The molecule has 0 N–H and O–H groups in total. The van der Waals surface area contributed by atoms with Gasteiger partial charge in [-0.2, -0.15) is 0 Å². The summed E-state index contributed by atoms with van der Waals surface area (Å²) in [7, 11) is 2.94. The van der Waals surface area contributed by atoms with Crippen LogP contribution in [-0.2, 0) is 23.8 Å². The van der Waals surface area contributed by atoms with Gasteiger partial charge in [0.2, 0.25) is 0 Å². The third-order valence-electron chi connectivity index (χ3n) is 4.45. The van der Waals surface area contributed by atoms with Gasteiger partial charge in [-0.15, -0.1) is 6.58 Å². The molecule has 0 aromatic carbocycles. The maximum atomic E-state index is 12.9. The first-order valence-electron chi connectivity index (χ1n) is 9.47. The van der Waals surface area contributed by atoms with Gasteiger partial charge in [-0.05, 0) is 48.0 Å². The van der Waals surface area contributed by atoms with Gasteiger partial charge in [0.15, 0.2) is 0 Å². The van der Waals surface area contributed by atoms with Gasteiger partial charge in [-0.25, -0.2) is 9.86 Å². The van der Waals surface area contributed by atoms with Crippen molar-refractivity contribution in [3.05, 3.63) is 12.2 Å². The van der Waals surface area contributed by atoms with E-state index in [1.807, 2.05) is 41.5 Å². The zero-order chi connectivity index (χ0) is 21.7. The number of allylic oxidation sites excluding steroid dienone is 1. The third kappa shape index (κ3) is 7.07. The maximum absolute atomic E-state index is 12.9. The molecule has 0 bridgehead atoms. The van der Waals surface area contributed by atoms with Crippen LogP contribution in [0.1, 0.15) is 48.0 Å². The number of nitrogens with zero attached hydrogens (tertiary/aromatic N) is 2. The van der Waals surface area contributed by atoms with Crippen LogP contribution in [0.3, 0.4) is 0 Å². The van der Waals surface area contributed by atoms with Gasteiger partial charge >= 0.3 is 6.09 Å². The number of hydrogen-bond acceptors (Lipinski definition) is 6. The van der Waals surface area contributed by atoms with Crippen LogP contribution >= 0.6 is 0 Å². The van der Waals surface area contributed by atoms with Gasteiger partial charge in [-0.1, -0.05) is 5.57 Å². The molecule has 0 aromatic rings. The third-order valence-corrected chi connectivity index (χ3v) is 4.45. The Morgan fingerprint density at radius 3 is 2.46 bits per heavy atom. The number of rotatable bonds is 8. The lowest BCUT2D eigenvalue weighted by molar-refractivity contribution is -0.174. The molecule has 2 amide bonds. The van der Waals surface area contributed by atoms with Crippen LogP contribution in [0.2, 0.25) is 0 Å². The van der Waals surface area contributed by atoms with Crippen molar-refractivity contribution >= 4 is 12.0 Å². The fourth-order valence-corrected chi connectivity index (χ4v) is 3.09. The predicted molar refractivity (Wildman–Crippen MR) is 105 cm³/mol. The van der Waals surface area contributed by atoms with Gasteiger partial charge in [0.25, 0.3) is 5.91 Å². The van der Waals surface area contributed by atoms with E-state index in [4.69, 9.17) is 19.0 Å². The first-order valence-corrected chi connectivity index (χ1v) is 9.47. The molecule has 1 rings (SSSR count). The molecule has 0 aliphatic carbocycles. The van der Waals surface area contributed by atoms with Crippen molar-refractivity contribution in [3.8, 4) is 0 Å². The van der Waals surface area contributed by atoms with Gasteiger partial charge in [0.1, 0.15) is 17.9 Å². The zero-order valence-corrected chi connectivity index (χ0v) is 18.5. The van der Waals surface area contributed by atoms with E-state index in [0.29, 0.717) is 13.0 Å². The number of ether oxygens (including phenoxy) is 3. The second kappa shape index (κ2) is 9.71. The number of hydroxylamine groups is 2. The van der Waals surface area contributed by atoms with Crippen molar-refractivity contribution in [2.45, 2.75) is 65.3 Å². The summed E-state index contributed by atoms with van der Waals surface area (Å²) >= 11 is 0. The van der Waals surface area contributed by atoms with Crippen molar-refractivity contribution in [2.24, 2.45) is 5.92 Å². The topological polar surface area (TPSA) is 77.5 Å². The zero-order valence-electron chi connectivity index (χ0n) is 18.5. The summed E-state index contributed by atoms with van der Waals surface area (Å²) in [6.45, 7) is 15.6. The Balaban J connectivity index is 2.93. The van der Waals surface area contributed by atoms with E-state index in [0.717, 1.165) is 10.6 Å². The van der Waals surface area contributed by atoms with E-state index < -0.39 is 17.4 Å². The molecule has 28 heavy (non-hydrogen) atoms. The van der Waals surface area contributed by atoms with E-state index in [9.17, 15) is 9.59 Å². The monoisotopic (exact) mass is 400 g/mol. The molecule has 1 saturated heterocycles. The molecular weight excluding hydrogens is 364 g/mol. The molecule has 0 saturated carbocycles. The van der Waals surface area contributed by atoms with Gasteiger partial charge in [-0.3, -0.25) is 14.5 Å². The van der Waals surface area contributed by atoms with Crippen LogP contribution in [-0.4, -0.2) is 73.3 Å². The Morgan fingerprint density at radius 1 is 1.36 bits per heavy atom. The molecular formula is C20H36N2O6. The van der Waals surface area contributed by atoms with Crippen LogP contribution < -0.4 is 0 Å². The Labute approximate surface area is 168 Å². The highest BCUT2D eigenvalue weighted by Crippen LogP contribution is 2.34. The Hall–Kier alpha value is -1.64. The van der Waals surface area contributed by atoms with Crippen LogP contribution in [0, 0.1) is 5.92 Å². The standard InChI is InChI=1S/C20H36N2O6/c1-14(2)10-15(11-26-13-17(23)21(8)25-9)16-12-27-20(6,7)22(16)18(24)28-19(3,4)5/h15-16H,1,10-13H2,2-9H3/t15-,16+/m1/s1. The highest BCUT2D eigenvalue weighted by molar-refractivity contribution is 5.76. The number of likely N-dealkylation sites (N-methyl/N-ethyl adjacent to an activating group) is 1. The fraction of sp³-hybridized carbons (Fsp3) is 0.800. The minimum atomic E-state index is -0.799. The van der Waals surface area contributed by atoms with Gasteiger partial charge in [0.05, 0.1) is 26.4 Å².